The summed E-state index contributed by atoms with van der Waals surface area (Å²) in [5.41, 5.74) is 0. The van der Waals surface area contributed by atoms with Crippen LogP contribution in [0.3, 0.4) is 0 Å². The van der Waals surface area contributed by atoms with Crippen LogP contribution in [0.4, 0.5) is 0 Å². The normalized spacial score (nSPS) is 26.0. The van der Waals surface area contributed by atoms with E-state index in [9.17, 15) is 0 Å². The number of halogens is 1. The van der Waals surface area contributed by atoms with Gasteiger partial charge >= 0.3 is 0 Å². The highest BCUT2D eigenvalue weighted by molar-refractivity contribution is 7.80. The lowest BCUT2D eigenvalue weighted by Gasteiger charge is -2.44. The molecule has 2 saturated heterocycles. The standard InChI is InChI=1S/C10H16NS2.ClH/c12-9-1-5-11(6-2-9)7-3-10(13)4-8-11;/h1-8H2;1H/q+1;/p-1. The van der Waals surface area contributed by atoms with Crippen LogP contribution in [0.25, 0.3) is 0 Å². The summed E-state index contributed by atoms with van der Waals surface area (Å²) in [5, 5.41) is 0. The van der Waals surface area contributed by atoms with E-state index >= 15 is 0 Å². The van der Waals surface area contributed by atoms with Gasteiger partial charge in [-0.25, -0.2) is 0 Å². The van der Waals surface area contributed by atoms with Gasteiger partial charge in [0.25, 0.3) is 0 Å². The minimum absolute atomic E-state index is 0. The minimum atomic E-state index is 0. The average Bonchev–Trinajstić information content (AvgIpc) is 2.16. The molecule has 0 radical (unpaired) electrons. The van der Waals surface area contributed by atoms with Crippen LogP contribution in [-0.2, 0) is 0 Å². The van der Waals surface area contributed by atoms with E-state index < -0.39 is 0 Å². The van der Waals surface area contributed by atoms with Crippen molar-refractivity contribution in [2.75, 3.05) is 26.2 Å². The fraction of sp³-hybridized carbons (Fsp3) is 0.800. The van der Waals surface area contributed by atoms with Crippen LogP contribution in [-0.4, -0.2) is 40.4 Å². The molecule has 0 N–H and O–H groups in total. The molecule has 0 aromatic rings. The third-order valence-corrected chi connectivity index (χ3v) is 4.28. The number of piperidine rings is 2. The number of nitrogens with zero attached hydrogens (tertiary/aromatic N) is 1. The van der Waals surface area contributed by atoms with Crippen LogP contribution < -0.4 is 12.4 Å². The third kappa shape index (κ3) is 2.72. The van der Waals surface area contributed by atoms with E-state index in [0.717, 1.165) is 0 Å². The van der Waals surface area contributed by atoms with Crippen LogP contribution in [0.5, 0.6) is 0 Å². The number of rotatable bonds is 0. The lowest BCUT2D eigenvalue weighted by Crippen LogP contribution is -3.00. The fourth-order valence-electron chi connectivity index (χ4n) is 2.37. The third-order valence-electron chi connectivity index (χ3n) is 3.46. The predicted molar refractivity (Wildman–Crippen MR) is 63.4 cm³/mol. The second-order valence-corrected chi connectivity index (χ2v) is 5.47. The molecule has 0 amide bonds. The van der Waals surface area contributed by atoms with E-state index in [1.807, 2.05) is 0 Å². The number of thiocarbonyl (C=S) groups is 2. The summed E-state index contributed by atoms with van der Waals surface area (Å²) in [6.07, 6.45) is 4.67. The van der Waals surface area contributed by atoms with Crippen LogP contribution in [0, 0.1) is 0 Å². The average molecular weight is 250 g/mol. The van der Waals surface area contributed by atoms with E-state index in [0.29, 0.717) is 0 Å². The van der Waals surface area contributed by atoms with Gasteiger partial charge in [0.05, 0.1) is 26.2 Å². The van der Waals surface area contributed by atoms with Crippen molar-refractivity contribution in [1.82, 2.24) is 0 Å². The van der Waals surface area contributed by atoms with Crippen LogP contribution in [0.1, 0.15) is 25.7 Å². The highest BCUT2D eigenvalue weighted by atomic mass is 35.5. The Labute approximate surface area is 103 Å². The Hall–Kier alpha value is 0.430. The Morgan fingerprint density at radius 3 is 1.29 bits per heavy atom. The smallest absolute Gasteiger partial charge is 0.0833 e. The topological polar surface area (TPSA) is 0 Å². The number of hydrogen-bond acceptors (Lipinski definition) is 2. The van der Waals surface area contributed by atoms with E-state index in [-0.39, 0.29) is 12.4 Å². The first-order chi connectivity index (χ1) is 6.20. The van der Waals surface area contributed by atoms with Crippen molar-refractivity contribution in [2.24, 2.45) is 0 Å². The Morgan fingerprint density at radius 1 is 0.714 bits per heavy atom. The summed E-state index contributed by atoms with van der Waals surface area (Å²) in [7, 11) is 0. The van der Waals surface area contributed by atoms with Crippen molar-refractivity contribution in [3.63, 3.8) is 0 Å². The second-order valence-electron chi connectivity index (χ2n) is 4.31. The molecule has 0 atom stereocenters. The molecular weight excluding hydrogens is 234 g/mol. The molecule has 0 saturated carbocycles. The summed E-state index contributed by atoms with van der Waals surface area (Å²) < 4.78 is 1.31. The Kier molecular flexibility index (Phi) is 4.44. The molecule has 1 nitrogen and oxygen atoms in total. The first-order valence-electron chi connectivity index (χ1n) is 5.09. The molecule has 2 heterocycles. The molecule has 0 aliphatic carbocycles. The van der Waals surface area contributed by atoms with Gasteiger partial charge in [-0.15, -0.1) is 0 Å². The van der Waals surface area contributed by atoms with E-state index in [4.69, 9.17) is 24.4 Å². The molecule has 80 valence electrons. The van der Waals surface area contributed by atoms with Crippen molar-refractivity contribution in [3.8, 4) is 0 Å². The van der Waals surface area contributed by atoms with Gasteiger partial charge in [0.1, 0.15) is 0 Å². The zero-order valence-electron chi connectivity index (χ0n) is 8.30. The zero-order valence-corrected chi connectivity index (χ0v) is 10.7. The highest BCUT2D eigenvalue weighted by Gasteiger charge is 2.34. The molecule has 0 bridgehead atoms. The molecule has 1 spiro atoms. The van der Waals surface area contributed by atoms with Gasteiger partial charge in [-0.05, 0) is 0 Å². The second kappa shape index (κ2) is 4.97. The van der Waals surface area contributed by atoms with Gasteiger partial charge in [-0.1, -0.05) is 24.4 Å². The first-order valence-corrected chi connectivity index (χ1v) is 5.90. The Morgan fingerprint density at radius 2 is 1.00 bits per heavy atom. The fourth-order valence-corrected chi connectivity index (χ4v) is 2.73. The molecule has 0 aromatic carbocycles. The van der Waals surface area contributed by atoms with E-state index in [2.05, 4.69) is 0 Å². The summed E-state index contributed by atoms with van der Waals surface area (Å²) in [6.45, 7) is 5.12. The van der Waals surface area contributed by atoms with Crippen LogP contribution in [0.15, 0.2) is 0 Å². The SMILES string of the molecule is S=C1CC[N+]2(CC1)CCC(=S)CC2.[Cl-]. The van der Waals surface area contributed by atoms with E-state index in [1.165, 1.54) is 66.1 Å². The number of hydrogen-bond donors (Lipinski definition) is 0. The van der Waals surface area contributed by atoms with Crippen molar-refractivity contribution < 1.29 is 16.9 Å². The molecule has 2 rings (SSSR count). The van der Waals surface area contributed by atoms with Crippen molar-refractivity contribution in [1.29, 1.82) is 0 Å². The molecule has 4 heteroatoms. The molecule has 14 heavy (non-hydrogen) atoms. The zero-order chi connectivity index (χ0) is 9.31. The quantitative estimate of drug-likeness (QED) is 0.405. The lowest BCUT2D eigenvalue weighted by atomic mass is 10.0. The van der Waals surface area contributed by atoms with Gasteiger partial charge in [0.2, 0.25) is 0 Å². The molecule has 2 aliphatic rings. The number of quaternary nitrogens is 1. The molecule has 0 unspecified atom stereocenters. The highest BCUT2D eigenvalue weighted by Crippen LogP contribution is 2.23. The molecular formula is C10H16ClNS2. The summed E-state index contributed by atoms with van der Waals surface area (Å²) >= 11 is 10.5. The maximum absolute atomic E-state index is 5.25. The van der Waals surface area contributed by atoms with E-state index in [1.54, 1.807) is 0 Å². The van der Waals surface area contributed by atoms with Crippen LogP contribution >= 0.6 is 24.4 Å². The van der Waals surface area contributed by atoms with Crippen LogP contribution in [0.2, 0.25) is 0 Å². The molecule has 2 aliphatic heterocycles. The van der Waals surface area contributed by atoms with Gasteiger partial charge in [0.15, 0.2) is 0 Å². The summed E-state index contributed by atoms with van der Waals surface area (Å²) in [6, 6.07) is 0. The first kappa shape index (κ1) is 12.5. The monoisotopic (exact) mass is 249 g/mol. The van der Waals surface area contributed by atoms with Gasteiger partial charge in [-0.3, -0.25) is 0 Å². The maximum Gasteiger partial charge on any atom is 0.0833 e. The van der Waals surface area contributed by atoms with Crippen molar-refractivity contribution >= 4 is 34.2 Å². The maximum atomic E-state index is 5.25. The lowest BCUT2D eigenvalue weighted by molar-refractivity contribution is -0.929. The van der Waals surface area contributed by atoms with Gasteiger partial charge in [-0.2, -0.15) is 0 Å². The van der Waals surface area contributed by atoms with Gasteiger partial charge < -0.3 is 16.9 Å². The minimum Gasteiger partial charge on any atom is -1.00 e. The summed E-state index contributed by atoms with van der Waals surface area (Å²) in [4.78, 5) is 2.58. The van der Waals surface area contributed by atoms with Crippen molar-refractivity contribution in [2.45, 2.75) is 25.7 Å². The predicted octanol–water partition coefficient (Wildman–Crippen LogP) is -0.865. The summed E-state index contributed by atoms with van der Waals surface area (Å²) in [5.74, 6) is 0. The largest absolute Gasteiger partial charge is 1.00 e. The molecule has 0 aromatic heterocycles. The molecule has 2 fully saturated rings. The van der Waals surface area contributed by atoms with Gasteiger partial charge in [0, 0.05) is 35.4 Å². The Bertz CT molecular complexity index is 203. The van der Waals surface area contributed by atoms with Crippen molar-refractivity contribution in [3.05, 3.63) is 0 Å². The Balaban J connectivity index is 0.000000980.